The van der Waals surface area contributed by atoms with Crippen LogP contribution in [0.3, 0.4) is 0 Å². The third-order valence-electron chi connectivity index (χ3n) is 4.59. The quantitative estimate of drug-likeness (QED) is 0.163. The van der Waals surface area contributed by atoms with E-state index in [0.29, 0.717) is 53.6 Å². The molecule has 2 aromatic rings. The SMILES string of the molecule is Nc1c(Cl)cc(C(O)CNCCCC(Cc2ccccc2)C(=O)O)cc1Cl.O=C(O)C(=O)O. The molecule has 0 spiro atoms. The van der Waals surface area contributed by atoms with Crippen LogP contribution in [0.1, 0.15) is 30.1 Å². The Bertz CT molecular complexity index is 907. The minimum atomic E-state index is -1.82. The maximum absolute atomic E-state index is 11.5. The van der Waals surface area contributed by atoms with Crippen LogP contribution in [-0.2, 0) is 20.8 Å². The Morgan fingerprint density at radius 1 is 0.970 bits per heavy atom. The summed E-state index contributed by atoms with van der Waals surface area (Å²) >= 11 is 12.0. The van der Waals surface area contributed by atoms with Crippen LogP contribution < -0.4 is 11.1 Å². The number of aliphatic carboxylic acids is 3. The molecule has 0 bridgehead atoms. The number of nitrogen functional groups attached to an aromatic ring is 1. The number of rotatable bonds is 10. The van der Waals surface area contributed by atoms with Gasteiger partial charge >= 0.3 is 17.9 Å². The number of benzene rings is 2. The van der Waals surface area contributed by atoms with Crippen molar-refractivity contribution in [2.45, 2.75) is 25.4 Å². The average molecular weight is 501 g/mol. The van der Waals surface area contributed by atoms with Gasteiger partial charge in [-0.1, -0.05) is 53.5 Å². The zero-order chi connectivity index (χ0) is 25.0. The van der Waals surface area contributed by atoms with Crippen LogP contribution in [0.4, 0.5) is 5.69 Å². The second kappa shape index (κ2) is 14.3. The predicted octanol–water partition coefficient (Wildman–Crippen LogP) is 3.08. The van der Waals surface area contributed by atoms with E-state index >= 15 is 0 Å². The van der Waals surface area contributed by atoms with Crippen molar-refractivity contribution in [1.82, 2.24) is 5.32 Å². The van der Waals surface area contributed by atoms with Crippen LogP contribution in [-0.4, -0.2) is 51.4 Å². The first-order valence-corrected chi connectivity index (χ1v) is 10.6. The highest BCUT2D eigenvalue weighted by molar-refractivity contribution is 6.38. The third-order valence-corrected chi connectivity index (χ3v) is 5.21. The van der Waals surface area contributed by atoms with E-state index in [-0.39, 0.29) is 0 Å². The standard InChI is InChI=1S/C20H24Cl2N2O3.C2H2O4/c21-16-10-15(11-17(22)19(16)23)18(25)12-24-8-4-7-14(20(26)27)9-13-5-2-1-3-6-13;3-1(4)2(5)6/h1-3,5-6,10-11,14,18,24-25H,4,7-9,12,23H2,(H,26,27);(H,3,4)(H,5,6). The summed E-state index contributed by atoms with van der Waals surface area (Å²) in [6.07, 6.45) is 0.994. The second-order valence-electron chi connectivity index (χ2n) is 7.10. The van der Waals surface area contributed by atoms with Gasteiger partial charge in [-0.2, -0.15) is 0 Å². The zero-order valence-electron chi connectivity index (χ0n) is 17.6. The summed E-state index contributed by atoms with van der Waals surface area (Å²) < 4.78 is 0. The van der Waals surface area contributed by atoms with Crippen LogP contribution in [0, 0.1) is 5.92 Å². The number of hydrogen-bond acceptors (Lipinski definition) is 6. The van der Waals surface area contributed by atoms with E-state index in [2.05, 4.69) is 5.32 Å². The van der Waals surface area contributed by atoms with E-state index in [1.54, 1.807) is 12.1 Å². The van der Waals surface area contributed by atoms with Crippen molar-refractivity contribution >= 4 is 46.8 Å². The second-order valence-corrected chi connectivity index (χ2v) is 7.91. The normalized spacial score (nSPS) is 12.2. The first-order valence-electron chi connectivity index (χ1n) is 9.89. The molecular formula is C22H26Cl2N2O7. The Balaban J connectivity index is 0.000000801. The van der Waals surface area contributed by atoms with Gasteiger partial charge in [0.1, 0.15) is 0 Å². The van der Waals surface area contributed by atoms with E-state index in [9.17, 15) is 15.0 Å². The highest BCUT2D eigenvalue weighted by atomic mass is 35.5. The van der Waals surface area contributed by atoms with Gasteiger partial charge in [-0.05, 0) is 49.1 Å². The van der Waals surface area contributed by atoms with Crippen molar-refractivity contribution in [3.05, 3.63) is 63.6 Å². The predicted molar refractivity (Wildman–Crippen MR) is 124 cm³/mol. The molecule has 0 radical (unpaired) electrons. The van der Waals surface area contributed by atoms with Crippen LogP contribution in [0.5, 0.6) is 0 Å². The van der Waals surface area contributed by atoms with E-state index in [1.807, 2.05) is 30.3 Å². The summed E-state index contributed by atoms with van der Waals surface area (Å²) in [5.41, 5.74) is 7.58. The monoisotopic (exact) mass is 500 g/mol. The van der Waals surface area contributed by atoms with Gasteiger partial charge in [-0.15, -0.1) is 0 Å². The fourth-order valence-corrected chi connectivity index (χ4v) is 3.34. The van der Waals surface area contributed by atoms with Gasteiger partial charge in [0.05, 0.1) is 27.8 Å². The van der Waals surface area contributed by atoms with Crippen LogP contribution in [0.25, 0.3) is 0 Å². The number of hydrogen-bond donors (Lipinski definition) is 6. The Morgan fingerprint density at radius 2 is 1.52 bits per heavy atom. The van der Waals surface area contributed by atoms with Crippen molar-refractivity contribution in [2.75, 3.05) is 18.8 Å². The maximum Gasteiger partial charge on any atom is 0.414 e. The molecule has 9 nitrogen and oxygen atoms in total. The molecule has 0 heterocycles. The Morgan fingerprint density at radius 3 is 2.00 bits per heavy atom. The Labute approximate surface area is 200 Å². The minimum Gasteiger partial charge on any atom is -0.481 e. The van der Waals surface area contributed by atoms with Crippen LogP contribution in [0.2, 0.25) is 10.0 Å². The van der Waals surface area contributed by atoms with Gasteiger partial charge in [0, 0.05) is 6.54 Å². The molecule has 0 aliphatic carbocycles. The smallest absolute Gasteiger partial charge is 0.414 e. The van der Waals surface area contributed by atoms with Gasteiger partial charge in [0.2, 0.25) is 0 Å². The number of carboxylic acid groups (broad SMARTS) is 3. The number of halogens is 2. The first-order chi connectivity index (χ1) is 15.5. The molecule has 2 rings (SSSR count). The molecule has 180 valence electrons. The molecule has 0 saturated heterocycles. The lowest BCUT2D eigenvalue weighted by atomic mass is 9.95. The number of aliphatic hydroxyl groups is 1. The molecule has 33 heavy (non-hydrogen) atoms. The van der Waals surface area contributed by atoms with Gasteiger partial charge in [0.25, 0.3) is 0 Å². The first kappa shape index (κ1) is 28.2. The number of nitrogens with two attached hydrogens (primary N) is 1. The maximum atomic E-state index is 11.5. The van der Waals surface area contributed by atoms with Crippen molar-refractivity contribution < 1.29 is 34.8 Å². The average Bonchev–Trinajstić information content (AvgIpc) is 2.76. The van der Waals surface area contributed by atoms with Crippen LogP contribution in [0.15, 0.2) is 42.5 Å². The van der Waals surface area contributed by atoms with Gasteiger partial charge in [0.15, 0.2) is 0 Å². The number of nitrogens with one attached hydrogen (secondary N) is 1. The Kier molecular flexibility index (Phi) is 12.2. The molecule has 0 aromatic heterocycles. The van der Waals surface area contributed by atoms with Crippen LogP contribution >= 0.6 is 23.2 Å². The van der Waals surface area contributed by atoms with Crippen molar-refractivity contribution in [2.24, 2.45) is 5.92 Å². The zero-order valence-corrected chi connectivity index (χ0v) is 19.1. The fourth-order valence-electron chi connectivity index (χ4n) is 2.84. The molecule has 0 aliphatic heterocycles. The number of aliphatic hydroxyl groups excluding tert-OH is 1. The molecule has 7 N–H and O–H groups in total. The van der Waals surface area contributed by atoms with E-state index in [4.69, 9.17) is 48.7 Å². The molecule has 0 fully saturated rings. The lowest BCUT2D eigenvalue weighted by Crippen LogP contribution is -2.24. The number of carbonyl (C=O) groups is 3. The molecular weight excluding hydrogens is 475 g/mol. The summed E-state index contributed by atoms with van der Waals surface area (Å²) in [6, 6.07) is 12.8. The van der Waals surface area contributed by atoms with Crippen molar-refractivity contribution in [1.29, 1.82) is 0 Å². The van der Waals surface area contributed by atoms with Gasteiger partial charge < -0.3 is 31.5 Å². The largest absolute Gasteiger partial charge is 0.481 e. The molecule has 0 saturated carbocycles. The molecule has 2 aromatic carbocycles. The molecule has 2 unspecified atom stereocenters. The topological polar surface area (TPSA) is 170 Å². The summed E-state index contributed by atoms with van der Waals surface area (Å²) in [5, 5.41) is 38.2. The lowest BCUT2D eigenvalue weighted by Gasteiger charge is -2.15. The summed E-state index contributed by atoms with van der Waals surface area (Å²) in [6.45, 7) is 0.916. The third kappa shape index (κ3) is 10.5. The fraction of sp³-hybridized carbons (Fsp3) is 0.318. The van der Waals surface area contributed by atoms with Crippen molar-refractivity contribution in [3.8, 4) is 0 Å². The number of carboxylic acids is 3. The van der Waals surface area contributed by atoms with E-state index in [1.165, 1.54) is 0 Å². The number of anilines is 1. The molecule has 11 heteroatoms. The van der Waals surface area contributed by atoms with Crippen molar-refractivity contribution in [3.63, 3.8) is 0 Å². The highest BCUT2D eigenvalue weighted by Gasteiger charge is 2.18. The Hall–Kier alpha value is -2.85. The van der Waals surface area contributed by atoms with E-state index in [0.717, 1.165) is 5.56 Å². The minimum absolute atomic E-state index is 0.292. The summed E-state index contributed by atoms with van der Waals surface area (Å²) in [7, 11) is 0. The van der Waals surface area contributed by atoms with E-state index < -0.39 is 29.9 Å². The molecule has 0 aliphatic rings. The lowest BCUT2D eigenvalue weighted by molar-refractivity contribution is -0.159. The molecule has 2 atom stereocenters. The molecule has 0 amide bonds. The van der Waals surface area contributed by atoms with Gasteiger partial charge in [-0.3, -0.25) is 4.79 Å². The highest BCUT2D eigenvalue weighted by Crippen LogP contribution is 2.31. The summed E-state index contributed by atoms with van der Waals surface area (Å²) in [4.78, 5) is 29.7. The summed E-state index contributed by atoms with van der Waals surface area (Å²) in [5.74, 6) is -4.86. The van der Waals surface area contributed by atoms with Gasteiger partial charge in [-0.25, -0.2) is 9.59 Å².